The lowest BCUT2D eigenvalue weighted by Gasteiger charge is -2.20. The van der Waals surface area contributed by atoms with E-state index in [2.05, 4.69) is 24.1 Å². The minimum atomic E-state index is 0.703. The molecule has 0 amide bonds. The summed E-state index contributed by atoms with van der Waals surface area (Å²) in [7, 11) is 3.46. The summed E-state index contributed by atoms with van der Waals surface area (Å²) in [5.41, 5.74) is 1.21. The van der Waals surface area contributed by atoms with Gasteiger partial charge in [-0.1, -0.05) is 13.8 Å². The van der Waals surface area contributed by atoms with Crippen LogP contribution < -0.4 is 10.2 Å². The lowest BCUT2D eigenvalue weighted by molar-refractivity contribution is 0.190. The summed E-state index contributed by atoms with van der Waals surface area (Å²) in [5.74, 6) is 0. The largest absolute Gasteiger partial charge is 0.383 e. The molecule has 0 fully saturated rings. The predicted octanol–water partition coefficient (Wildman–Crippen LogP) is 2.30. The van der Waals surface area contributed by atoms with Gasteiger partial charge in [-0.25, -0.2) is 4.98 Å². The number of aromatic nitrogens is 1. The minimum Gasteiger partial charge on any atom is -0.383 e. The van der Waals surface area contributed by atoms with E-state index in [0.29, 0.717) is 13.2 Å². The third kappa shape index (κ3) is 6.30. The van der Waals surface area contributed by atoms with Gasteiger partial charge in [-0.2, -0.15) is 0 Å². The molecule has 0 aromatic carbocycles. The fraction of sp³-hybridized carbons (Fsp3) is 0.800. The third-order valence-electron chi connectivity index (χ3n) is 3.22. The Bertz CT molecular complexity index is 377. The first-order valence-corrected chi connectivity index (χ1v) is 8.50. The first-order valence-electron chi connectivity index (χ1n) is 7.68. The van der Waals surface area contributed by atoms with E-state index in [9.17, 15) is 0 Å². The van der Waals surface area contributed by atoms with Gasteiger partial charge in [0, 0.05) is 38.7 Å². The van der Waals surface area contributed by atoms with E-state index in [1.54, 1.807) is 25.6 Å². The smallest absolute Gasteiger partial charge is 0.185 e. The number of hydrogen-bond acceptors (Lipinski definition) is 6. The molecule has 122 valence electrons. The van der Waals surface area contributed by atoms with Crippen molar-refractivity contribution in [1.82, 2.24) is 10.3 Å². The Morgan fingerprint density at radius 2 is 1.81 bits per heavy atom. The first-order chi connectivity index (χ1) is 10.3. The van der Waals surface area contributed by atoms with Crippen LogP contribution in [0.2, 0.25) is 0 Å². The molecule has 1 N–H and O–H groups in total. The van der Waals surface area contributed by atoms with E-state index in [1.165, 1.54) is 10.6 Å². The second-order valence-electron chi connectivity index (χ2n) is 4.87. The van der Waals surface area contributed by atoms with Crippen LogP contribution >= 0.6 is 11.3 Å². The Morgan fingerprint density at radius 3 is 2.33 bits per heavy atom. The van der Waals surface area contributed by atoms with Gasteiger partial charge in [0.05, 0.1) is 18.9 Å². The van der Waals surface area contributed by atoms with Gasteiger partial charge >= 0.3 is 0 Å². The fourth-order valence-corrected chi connectivity index (χ4v) is 3.17. The summed E-state index contributed by atoms with van der Waals surface area (Å²) < 4.78 is 10.4. The van der Waals surface area contributed by atoms with Crippen molar-refractivity contribution in [2.75, 3.05) is 52.0 Å². The molecular formula is C15H29N3O2S. The van der Waals surface area contributed by atoms with E-state index in [4.69, 9.17) is 14.5 Å². The zero-order valence-electron chi connectivity index (χ0n) is 13.8. The molecule has 0 aliphatic carbocycles. The molecule has 0 aliphatic heterocycles. The average Bonchev–Trinajstić information content (AvgIpc) is 2.91. The molecule has 1 heterocycles. The maximum absolute atomic E-state index is 5.20. The van der Waals surface area contributed by atoms with Crippen LogP contribution in [0, 0.1) is 0 Å². The minimum absolute atomic E-state index is 0.703. The molecule has 0 saturated carbocycles. The molecule has 0 bridgehead atoms. The number of ether oxygens (including phenoxy) is 2. The van der Waals surface area contributed by atoms with Crippen molar-refractivity contribution in [2.24, 2.45) is 0 Å². The maximum Gasteiger partial charge on any atom is 0.185 e. The van der Waals surface area contributed by atoms with Crippen molar-refractivity contribution < 1.29 is 9.47 Å². The molecule has 1 rings (SSSR count). The molecule has 0 radical (unpaired) electrons. The fourth-order valence-electron chi connectivity index (χ4n) is 2.00. The van der Waals surface area contributed by atoms with Gasteiger partial charge in [0.25, 0.3) is 0 Å². The Balaban J connectivity index is 2.76. The standard InChI is InChI=1S/C15H29N3O2S/c1-5-7-16-12-14-13(6-2)17-15(21-14)18(8-10-19-3)9-11-20-4/h16H,5-12H2,1-4H3. The van der Waals surface area contributed by atoms with Crippen LogP contribution in [-0.2, 0) is 22.4 Å². The van der Waals surface area contributed by atoms with Crippen LogP contribution in [0.5, 0.6) is 0 Å². The van der Waals surface area contributed by atoms with Crippen LogP contribution in [-0.4, -0.2) is 52.1 Å². The van der Waals surface area contributed by atoms with Crippen molar-refractivity contribution >= 4 is 16.5 Å². The highest BCUT2D eigenvalue weighted by Gasteiger charge is 2.15. The number of hydrogen-bond donors (Lipinski definition) is 1. The van der Waals surface area contributed by atoms with Crippen LogP contribution in [0.15, 0.2) is 0 Å². The molecule has 0 atom stereocenters. The highest BCUT2D eigenvalue weighted by atomic mass is 32.1. The summed E-state index contributed by atoms with van der Waals surface area (Å²) >= 11 is 1.78. The lowest BCUT2D eigenvalue weighted by Crippen LogP contribution is -2.30. The summed E-state index contributed by atoms with van der Waals surface area (Å²) in [6, 6.07) is 0. The topological polar surface area (TPSA) is 46.6 Å². The van der Waals surface area contributed by atoms with Crippen molar-refractivity contribution in [3.8, 4) is 0 Å². The average molecular weight is 315 g/mol. The highest BCUT2D eigenvalue weighted by molar-refractivity contribution is 7.15. The van der Waals surface area contributed by atoms with Crippen molar-refractivity contribution in [3.05, 3.63) is 10.6 Å². The molecule has 5 nitrogen and oxygen atoms in total. The number of rotatable bonds is 12. The van der Waals surface area contributed by atoms with E-state index < -0.39 is 0 Å². The number of anilines is 1. The van der Waals surface area contributed by atoms with Gasteiger partial charge in [-0.05, 0) is 19.4 Å². The zero-order valence-corrected chi connectivity index (χ0v) is 14.6. The summed E-state index contributed by atoms with van der Waals surface area (Å²) in [4.78, 5) is 8.41. The van der Waals surface area contributed by atoms with Crippen LogP contribution in [0.1, 0.15) is 30.8 Å². The van der Waals surface area contributed by atoms with Crippen molar-refractivity contribution in [3.63, 3.8) is 0 Å². The number of nitrogens with zero attached hydrogens (tertiary/aromatic N) is 2. The van der Waals surface area contributed by atoms with Crippen molar-refractivity contribution in [2.45, 2.75) is 33.2 Å². The maximum atomic E-state index is 5.20. The van der Waals surface area contributed by atoms with E-state index in [-0.39, 0.29) is 0 Å². The molecule has 1 aromatic rings. The van der Waals surface area contributed by atoms with E-state index >= 15 is 0 Å². The van der Waals surface area contributed by atoms with Gasteiger partial charge in [0.15, 0.2) is 5.13 Å². The number of nitrogens with one attached hydrogen (secondary N) is 1. The SMILES string of the molecule is CCCNCc1sc(N(CCOC)CCOC)nc1CC. The predicted molar refractivity (Wildman–Crippen MR) is 89.5 cm³/mol. The third-order valence-corrected chi connectivity index (χ3v) is 4.37. The summed E-state index contributed by atoms with van der Waals surface area (Å²) in [5, 5.41) is 4.55. The van der Waals surface area contributed by atoms with Gasteiger partial charge in [0.1, 0.15) is 0 Å². The number of thiazole rings is 1. The quantitative estimate of drug-likeness (QED) is 0.600. The molecule has 21 heavy (non-hydrogen) atoms. The molecule has 0 spiro atoms. The van der Waals surface area contributed by atoms with Gasteiger partial charge < -0.3 is 19.7 Å². The van der Waals surface area contributed by atoms with E-state index in [1.807, 2.05) is 0 Å². The number of methoxy groups -OCH3 is 2. The van der Waals surface area contributed by atoms with Gasteiger partial charge in [0.2, 0.25) is 0 Å². The lowest BCUT2D eigenvalue weighted by atomic mass is 10.3. The monoisotopic (exact) mass is 315 g/mol. The first kappa shape index (κ1) is 18.4. The normalized spacial score (nSPS) is 11.0. The molecule has 1 aromatic heterocycles. The van der Waals surface area contributed by atoms with Gasteiger partial charge in [-0.3, -0.25) is 0 Å². The number of aryl methyl sites for hydroxylation is 1. The summed E-state index contributed by atoms with van der Waals surface area (Å²) in [6.07, 6.45) is 2.13. The van der Waals surface area contributed by atoms with Gasteiger partial charge in [-0.15, -0.1) is 11.3 Å². The van der Waals surface area contributed by atoms with Crippen LogP contribution in [0.3, 0.4) is 0 Å². The molecule has 6 heteroatoms. The Labute approximate surface area is 132 Å². The molecule has 0 aliphatic rings. The molecule has 0 saturated heterocycles. The molecule has 0 unspecified atom stereocenters. The second kappa shape index (κ2) is 11.0. The van der Waals surface area contributed by atoms with E-state index in [0.717, 1.165) is 44.2 Å². The Morgan fingerprint density at radius 1 is 1.14 bits per heavy atom. The molecular weight excluding hydrogens is 286 g/mol. The zero-order chi connectivity index (χ0) is 15.5. The van der Waals surface area contributed by atoms with Crippen molar-refractivity contribution in [1.29, 1.82) is 0 Å². The van der Waals surface area contributed by atoms with Crippen LogP contribution in [0.25, 0.3) is 0 Å². The van der Waals surface area contributed by atoms with Crippen LogP contribution in [0.4, 0.5) is 5.13 Å². The highest BCUT2D eigenvalue weighted by Crippen LogP contribution is 2.26. The Kier molecular flexibility index (Phi) is 9.58. The Hall–Kier alpha value is -0.690. The summed E-state index contributed by atoms with van der Waals surface area (Å²) in [6.45, 7) is 9.41. The second-order valence-corrected chi connectivity index (χ2v) is 5.93.